The van der Waals surface area contributed by atoms with E-state index in [9.17, 15) is 10.1 Å². The zero-order chi connectivity index (χ0) is 14.0. The standard InChI is InChI=1S/C13H11ClN2O3/c1-8-5-6-9(14)12(7-8)19-11-4-2-3-10(15)13(11)16(17)18/h2-7H,15H2,1H3. The van der Waals surface area contributed by atoms with Crippen LogP contribution in [0.4, 0.5) is 11.4 Å². The van der Waals surface area contributed by atoms with Crippen molar-refractivity contribution in [3.63, 3.8) is 0 Å². The number of nitro benzene ring substituents is 1. The predicted octanol–water partition coefficient (Wildman–Crippen LogP) is 3.93. The lowest BCUT2D eigenvalue weighted by atomic mass is 10.2. The quantitative estimate of drug-likeness (QED) is 0.524. The van der Waals surface area contributed by atoms with Crippen molar-refractivity contribution in [3.05, 3.63) is 57.1 Å². The molecular weight excluding hydrogens is 268 g/mol. The topological polar surface area (TPSA) is 78.4 Å². The van der Waals surface area contributed by atoms with Crippen molar-refractivity contribution in [2.45, 2.75) is 6.92 Å². The number of hydrogen-bond donors (Lipinski definition) is 1. The first-order valence-electron chi connectivity index (χ1n) is 5.46. The van der Waals surface area contributed by atoms with E-state index in [4.69, 9.17) is 22.1 Å². The van der Waals surface area contributed by atoms with Gasteiger partial charge in [-0.2, -0.15) is 0 Å². The number of anilines is 1. The Kier molecular flexibility index (Phi) is 3.57. The van der Waals surface area contributed by atoms with E-state index in [1.54, 1.807) is 18.2 Å². The van der Waals surface area contributed by atoms with Gasteiger partial charge in [0.05, 0.1) is 9.95 Å². The summed E-state index contributed by atoms with van der Waals surface area (Å²) < 4.78 is 5.51. The Balaban J connectivity index is 2.46. The molecule has 0 atom stereocenters. The molecule has 0 aliphatic carbocycles. The van der Waals surface area contributed by atoms with Gasteiger partial charge in [-0.05, 0) is 36.8 Å². The smallest absolute Gasteiger partial charge is 0.334 e. The van der Waals surface area contributed by atoms with Crippen molar-refractivity contribution in [3.8, 4) is 11.5 Å². The summed E-state index contributed by atoms with van der Waals surface area (Å²) in [5.41, 5.74) is 6.31. The third kappa shape index (κ3) is 2.77. The van der Waals surface area contributed by atoms with Crippen LogP contribution < -0.4 is 10.5 Å². The highest BCUT2D eigenvalue weighted by atomic mass is 35.5. The fourth-order valence-corrected chi connectivity index (χ4v) is 1.78. The summed E-state index contributed by atoms with van der Waals surface area (Å²) in [6, 6.07) is 9.71. The van der Waals surface area contributed by atoms with Gasteiger partial charge in [-0.1, -0.05) is 23.7 Å². The number of hydrogen-bond acceptors (Lipinski definition) is 4. The van der Waals surface area contributed by atoms with Gasteiger partial charge in [-0.15, -0.1) is 0 Å². The van der Waals surface area contributed by atoms with Gasteiger partial charge in [0.15, 0.2) is 0 Å². The van der Waals surface area contributed by atoms with E-state index in [1.807, 2.05) is 13.0 Å². The van der Waals surface area contributed by atoms with Crippen molar-refractivity contribution in [2.24, 2.45) is 0 Å². The first kappa shape index (κ1) is 13.2. The molecule has 0 amide bonds. The van der Waals surface area contributed by atoms with Crippen LogP contribution in [0.15, 0.2) is 36.4 Å². The maximum absolute atomic E-state index is 11.0. The number of nitrogen functional groups attached to an aromatic ring is 1. The maximum Gasteiger partial charge on any atom is 0.334 e. The molecule has 98 valence electrons. The third-order valence-electron chi connectivity index (χ3n) is 2.52. The minimum atomic E-state index is -0.575. The number of para-hydroxylation sites is 1. The Labute approximate surface area is 114 Å². The summed E-state index contributed by atoms with van der Waals surface area (Å²) in [5, 5.41) is 11.4. The molecular formula is C13H11ClN2O3. The highest BCUT2D eigenvalue weighted by Crippen LogP contribution is 2.38. The molecule has 2 aromatic rings. The van der Waals surface area contributed by atoms with Crippen LogP contribution in [0.5, 0.6) is 11.5 Å². The Morgan fingerprint density at radius 1 is 1.26 bits per heavy atom. The fraction of sp³-hybridized carbons (Fsp3) is 0.0769. The summed E-state index contributed by atoms with van der Waals surface area (Å²) in [4.78, 5) is 10.4. The fourth-order valence-electron chi connectivity index (χ4n) is 1.62. The summed E-state index contributed by atoms with van der Waals surface area (Å²) >= 11 is 5.99. The van der Waals surface area contributed by atoms with Gasteiger partial charge in [0.1, 0.15) is 11.4 Å². The molecule has 0 radical (unpaired) electrons. The molecule has 0 fully saturated rings. The van der Waals surface area contributed by atoms with Crippen LogP contribution >= 0.6 is 11.6 Å². The van der Waals surface area contributed by atoms with E-state index in [0.29, 0.717) is 10.8 Å². The Bertz CT molecular complexity index is 644. The monoisotopic (exact) mass is 278 g/mol. The zero-order valence-electron chi connectivity index (χ0n) is 10.1. The van der Waals surface area contributed by atoms with Crippen molar-refractivity contribution >= 4 is 23.0 Å². The number of nitro groups is 1. The van der Waals surface area contributed by atoms with Gasteiger partial charge in [-0.3, -0.25) is 10.1 Å². The van der Waals surface area contributed by atoms with Crippen molar-refractivity contribution in [2.75, 3.05) is 5.73 Å². The molecule has 19 heavy (non-hydrogen) atoms. The third-order valence-corrected chi connectivity index (χ3v) is 2.83. The van der Waals surface area contributed by atoms with Crippen molar-refractivity contribution in [1.29, 1.82) is 0 Å². The Morgan fingerprint density at radius 2 is 2.00 bits per heavy atom. The number of rotatable bonds is 3. The highest BCUT2D eigenvalue weighted by molar-refractivity contribution is 6.32. The predicted molar refractivity (Wildman–Crippen MR) is 73.8 cm³/mol. The van der Waals surface area contributed by atoms with E-state index < -0.39 is 4.92 Å². The van der Waals surface area contributed by atoms with E-state index in [2.05, 4.69) is 0 Å². The Hall–Kier alpha value is -2.27. The lowest BCUT2D eigenvalue weighted by Crippen LogP contribution is -1.98. The summed E-state index contributed by atoms with van der Waals surface area (Å²) in [6.45, 7) is 1.87. The summed E-state index contributed by atoms with van der Waals surface area (Å²) in [7, 11) is 0. The second-order valence-corrected chi connectivity index (χ2v) is 4.39. The maximum atomic E-state index is 11.0. The number of benzene rings is 2. The first-order valence-corrected chi connectivity index (χ1v) is 5.83. The summed E-state index contributed by atoms with van der Waals surface area (Å²) in [6.07, 6.45) is 0. The molecule has 2 N–H and O–H groups in total. The molecule has 5 nitrogen and oxygen atoms in total. The van der Waals surface area contributed by atoms with Gasteiger partial charge >= 0.3 is 5.69 Å². The molecule has 0 saturated heterocycles. The molecule has 0 aromatic heterocycles. The lowest BCUT2D eigenvalue weighted by molar-refractivity contribution is -0.384. The number of halogens is 1. The Morgan fingerprint density at radius 3 is 2.68 bits per heavy atom. The molecule has 0 saturated carbocycles. The van der Waals surface area contributed by atoms with Gasteiger partial charge in [0.25, 0.3) is 0 Å². The average Bonchev–Trinajstić information content (AvgIpc) is 2.33. The molecule has 0 bridgehead atoms. The van der Waals surface area contributed by atoms with Crippen molar-refractivity contribution in [1.82, 2.24) is 0 Å². The molecule has 2 rings (SSSR count). The van der Waals surface area contributed by atoms with E-state index in [1.165, 1.54) is 12.1 Å². The van der Waals surface area contributed by atoms with Crippen LogP contribution in [0.1, 0.15) is 5.56 Å². The second kappa shape index (κ2) is 5.16. The number of aryl methyl sites for hydroxylation is 1. The molecule has 0 aliphatic rings. The zero-order valence-corrected chi connectivity index (χ0v) is 10.8. The number of nitrogens with zero attached hydrogens (tertiary/aromatic N) is 1. The molecule has 6 heteroatoms. The minimum Gasteiger partial charge on any atom is -0.448 e. The number of ether oxygens (including phenoxy) is 1. The molecule has 0 unspecified atom stereocenters. The number of nitrogens with two attached hydrogens (primary N) is 1. The molecule has 2 aromatic carbocycles. The minimum absolute atomic E-state index is 0.0475. The van der Waals surface area contributed by atoms with Crippen LogP contribution in [0.25, 0.3) is 0 Å². The van der Waals surface area contributed by atoms with E-state index in [0.717, 1.165) is 5.56 Å². The largest absolute Gasteiger partial charge is 0.448 e. The molecule has 0 spiro atoms. The normalized spacial score (nSPS) is 10.2. The van der Waals surface area contributed by atoms with E-state index in [-0.39, 0.29) is 17.1 Å². The van der Waals surface area contributed by atoms with E-state index >= 15 is 0 Å². The van der Waals surface area contributed by atoms with Crippen LogP contribution in [-0.2, 0) is 0 Å². The van der Waals surface area contributed by atoms with Gasteiger partial charge in [0.2, 0.25) is 5.75 Å². The van der Waals surface area contributed by atoms with Crippen LogP contribution in [0.3, 0.4) is 0 Å². The average molecular weight is 279 g/mol. The highest BCUT2D eigenvalue weighted by Gasteiger charge is 2.20. The molecule has 0 heterocycles. The lowest BCUT2D eigenvalue weighted by Gasteiger charge is -2.09. The van der Waals surface area contributed by atoms with Gasteiger partial charge < -0.3 is 10.5 Å². The van der Waals surface area contributed by atoms with Crippen LogP contribution in [-0.4, -0.2) is 4.92 Å². The van der Waals surface area contributed by atoms with Crippen LogP contribution in [0, 0.1) is 17.0 Å². The summed E-state index contributed by atoms with van der Waals surface area (Å²) in [5.74, 6) is 0.424. The van der Waals surface area contributed by atoms with Crippen LogP contribution in [0.2, 0.25) is 5.02 Å². The second-order valence-electron chi connectivity index (χ2n) is 3.99. The molecule has 0 aliphatic heterocycles. The SMILES string of the molecule is Cc1ccc(Cl)c(Oc2cccc(N)c2[N+](=O)[O-])c1. The first-order chi connectivity index (χ1) is 8.99. The van der Waals surface area contributed by atoms with Gasteiger partial charge in [0, 0.05) is 0 Å². The van der Waals surface area contributed by atoms with Gasteiger partial charge in [-0.25, -0.2) is 0 Å². The van der Waals surface area contributed by atoms with Crippen molar-refractivity contribution < 1.29 is 9.66 Å².